The van der Waals surface area contributed by atoms with Crippen LogP contribution in [0.3, 0.4) is 0 Å². The molecule has 0 atom stereocenters. The Labute approximate surface area is 269 Å². The number of hydrogen-bond acceptors (Lipinski definition) is 3. The van der Waals surface area contributed by atoms with E-state index in [1.165, 1.54) is 63.6 Å². The summed E-state index contributed by atoms with van der Waals surface area (Å²) in [5, 5.41) is 18.4. The fourth-order valence-corrected chi connectivity index (χ4v) is 8.69. The van der Waals surface area contributed by atoms with Crippen molar-refractivity contribution in [3.63, 3.8) is 0 Å². The molecule has 1 aliphatic carbocycles. The van der Waals surface area contributed by atoms with Crippen molar-refractivity contribution in [1.29, 1.82) is 0 Å². The molecule has 0 unspecified atom stereocenters. The number of aromatic nitrogens is 3. The van der Waals surface area contributed by atoms with Crippen molar-refractivity contribution < 1.29 is 0 Å². The quantitative estimate of drug-likeness (QED) is 0.188. The minimum Gasteiger partial charge on any atom is -0.274 e. The van der Waals surface area contributed by atoms with Gasteiger partial charge in [0.05, 0.1) is 5.52 Å². The van der Waals surface area contributed by atoms with Crippen LogP contribution in [-0.2, 0) is 0 Å². The average molecular weight is 606 g/mol. The van der Waals surface area contributed by atoms with Crippen LogP contribution in [0.2, 0.25) is 0 Å². The van der Waals surface area contributed by atoms with Crippen LogP contribution < -0.4 is 10.4 Å². The van der Waals surface area contributed by atoms with Crippen molar-refractivity contribution in [3.8, 4) is 22.5 Å². The van der Waals surface area contributed by atoms with Crippen LogP contribution in [0, 0.1) is 0 Å². The Morgan fingerprint density at radius 3 is 2.22 bits per heavy atom. The normalized spacial score (nSPS) is 13.2. The lowest BCUT2D eigenvalue weighted by molar-refractivity contribution is 1.08. The molecule has 0 saturated heterocycles. The van der Waals surface area contributed by atoms with Crippen molar-refractivity contribution in [2.75, 3.05) is 0 Å². The van der Waals surface area contributed by atoms with Crippen LogP contribution in [0.1, 0.15) is 18.4 Å². The largest absolute Gasteiger partial charge is 0.274 e. The molecule has 4 heteroatoms. The zero-order valence-electron chi connectivity index (χ0n) is 24.9. The summed E-state index contributed by atoms with van der Waals surface area (Å²) in [5.41, 5.74) is 8.22. The van der Waals surface area contributed by atoms with E-state index in [1.807, 2.05) is 11.3 Å². The summed E-state index contributed by atoms with van der Waals surface area (Å²) in [6, 6.07) is 48.5. The van der Waals surface area contributed by atoms with E-state index in [-0.39, 0.29) is 0 Å². The predicted molar refractivity (Wildman–Crippen MR) is 194 cm³/mol. The van der Waals surface area contributed by atoms with Gasteiger partial charge in [0, 0.05) is 36.5 Å². The molecule has 0 fully saturated rings. The highest BCUT2D eigenvalue weighted by molar-refractivity contribution is 7.26. The lowest BCUT2D eigenvalue weighted by Gasteiger charge is -2.15. The lowest BCUT2D eigenvalue weighted by atomic mass is 9.92. The summed E-state index contributed by atoms with van der Waals surface area (Å²) in [6.07, 6.45) is 4.46. The van der Waals surface area contributed by atoms with Crippen molar-refractivity contribution >= 4 is 70.5 Å². The van der Waals surface area contributed by atoms with Crippen LogP contribution in [0.4, 0.5) is 0 Å². The van der Waals surface area contributed by atoms with E-state index in [2.05, 4.69) is 144 Å². The molecule has 0 spiro atoms. The monoisotopic (exact) mass is 605 g/mol. The average Bonchev–Trinajstić information content (AvgIpc) is 3.74. The first-order valence-corrected chi connectivity index (χ1v) is 16.6. The highest BCUT2D eigenvalue weighted by atomic mass is 32.1. The highest BCUT2D eigenvalue weighted by Crippen LogP contribution is 2.40. The first-order chi connectivity index (χ1) is 22.8. The summed E-state index contributed by atoms with van der Waals surface area (Å²) in [7, 11) is 0. The Kier molecular flexibility index (Phi) is 5.57. The van der Waals surface area contributed by atoms with E-state index in [0.29, 0.717) is 0 Å². The van der Waals surface area contributed by atoms with Crippen molar-refractivity contribution in [2.45, 2.75) is 12.8 Å². The molecule has 10 rings (SSSR count). The third-order valence-corrected chi connectivity index (χ3v) is 10.8. The number of fused-ring (bicyclic) bond motifs is 10. The molecule has 0 N–H and O–H groups in total. The van der Waals surface area contributed by atoms with Gasteiger partial charge >= 0.3 is 0 Å². The molecule has 46 heavy (non-hydrogen) atoms. The topological polar surface area (TPSA) is 30.2 Å². The fourth-order valence-electron chi connectivity index (χ4n) is 7.45. The lowest BCUT2D eigenvalue weighted by Crippen LogP contribution is -2.29. The third-order valence-electron chi connectivity index (χ3n) is 9.61. The Hall–Kier alpha value is -5.58. The number of rotatable bonds is 3. The molecule has 0 aliphatic heterocycles. The zero-order valence-corrected chi connectivity index (χ0v) is 25.8. The molecule has 9 aromatic rings. The second-order valence-electron chi connectivity index (χ2n) is 12.1. The van der Waals surface area contributed by atoms with E-state index in [0.717, 1.165) is 40.8 Å². The first-order valence-electron chi connectivity index (χ1n) is 15.8. The van der Waals surface area contributed by atoms with Crippen LogP contribution in [-0.4, -0.2) is 14.6 Å². The van der Waals surface area contributed by atoms with E-state index in [9.17, 15) is 0 Å². The van der Waals surface area contributed by atoms with Crippen LogP contribution in [0.5, 0.6) is 0 Å². The minimum absolute atomic E-state index is 0.857. The maximum absolute atomic E-state index is 4.79. The van der Waals surface area contributed by atoms with Gasteiger partial charge in [-0.3, -0.25) is 4.40 Å². The van der Waals surface area contributed by atoms with Crippen LogP contribution in [0.15, 0.2) is 133 Å². The Morgan fingerprint density at radius 1 is 0.565 bits per heavy atom. The van der Waals surface area contributed by atoms with E-state index in [1.54, 1.807) is 0 Å². The molecule has 0 radical (unpaired) electrons. The maximum atomic E-state index is 4.79. The van der Waals surface area contributed by atoms with Gasteiger partial charge in [0.25, 0.3) is 0 Å². The molecule has 216 valence electrons. The number of nitrogens with zero attached hydrogens (tertiary/aromatic N) is 3. The highest BCUT2D eigenvalue weighted by Gasteiger charge is 2.18. The van der Waals surface area contributed by atoms with Gasteiger partial charge in [-0.1, -0.05) is 121 Å². The summed E-state index contributed by atoms with van der Waals surface area (Å²) in [6.45, 7) is 0. The zero-order chi connectivity index (χ0) is 30.2. The summed E-state index contributed by atoms with van der Waals surface area (Å²) in [4.78, 5) is 0. The van der Waals surface area contributed by atoms with Gasteiger partial charge in [0.1, 0.15) is 0 Å². The van der Waals surface area contributed by atoms with E-state index in [4.69, 9.17) is 10.2 Å². The van der Waals surface area contributed by atoms with Gasteiger partial charge in [0.15, 0.2) is 11.5 Å². The van der Waals surface area contributed by atoms with Crippen molar-refractivity contribution in [1.82, 2.24) is 14.6 Å². The van der Waals surface area contributed by atoms with E-state index < -0.39 is 0 Å². The first kappa shape index (κ1) is 25.7. The molecule has 1 aliphatic rings. The third kappa shape index (κ3) is 3.77. The van der Waals surface area contributed by atoms with Gasteiger partial charge in [0.2, 0.25) is 0 Å². The summed E-state index contributed by atoms with van der Waals surface area (Å²) >= 11 is 1.87. The second-order valence-corrected chi connectivity index (χ2v) is 13.2. The van der Waals surface area contributed by atoms with E-state index >= 15 is 0 Å². The second kappa shape index (κ2) is 9.96. The van der Waals surface area contributed by atoms with Crippen molar-refractivity contribution in [2.24, 2.45) is 0 Å². The van der Waals surface area contributed by atoms with Crippen LogP contribution in [0.25, 0.3) is 81.7 Å². The Morgan fingerprint density at radius 2 is 1.30 bits per heavy atom. The van der Waals surface area contributed by atoms with Crippen molar-refractivity contribution in [3.05, 3.63) is 149 Å². The minimum atomic E-state index is 0.857. The van der Waals surface area contributed by atoms with Gasteiger partial charge in [-0.25, -0.2) is 0 Å². The molecule has 0 amide bonds. The SMILES string of the molecule is C1=c2ccccc2=C(c2ccc3c(c2)c2ccccc2c2nnc(-c4ccc(-c5cccc6c5sc5ccccc56)cc4)n32)CC1. The molecule has 3 heterocycles. The van der Waals surface area contributed by atoms with Gasteiger partial charge in [-0.2, -0.15) is 0 Å². The van der Waals surface area contributed by atoms with Gasteiger partial charge < -0.3 is 0 Å². The standard InChI is InChI=1S/C42H27N3S/c1-2-11-30-26(9-1)10-7-15-31(30)29-23-24-38-37(25-29)33-12-3-4-14-36(33)42-44-43-41(45(38)42)28-21-19-27(20-22-28)32-16-8-17-35-34-13-5-6-18-39(34)46-40(32)35/h1-6,8-14,16-25H,7,15H2. The molecular weight excluding hydrogens is 579 g/mol. The Balaban J connectivity index is 1.16. The summed E-state index contributed by atoms with van der Waals surface area (Å²) in [5.74, 6) is 0.857. The molecular formula is C42H27N3S. The number of benzene rings is 6. The number of pyridine rings is 1. The molecule has 3 nitrogen and oxygen atoms in total. The fraction of sp³-hybridized carbons (Fsp3) is 0.0476. The molecule has 3 aromatic heterocycles. The smallest absolute Gasteiger partial charge is 0.169 e. The van der Waals surface area contributed by atoms with Gasteiger partial charge in [-0.15, -0.1) is 21.5 Å². The number of hydrogen-bond donors (Lipinski definition) is 0. The number of thiophene rings is 1. The van der Waals surface area contributed by atoms with Crippen LogP contribution >= 0.6 is 11.3 Å². The molecule has 6 aromatic carbocycles. The predicted octanol–water partition coefficient (Wildman–Crippen LogP) is 9.51. The van der Waals surface area contributed by atoms with Gasteiger partial charge in [-0.05, 0) is 69.1 Å². The maximum Gasteiger partial charge on any atom is 0.169 e. The molecule has 0 saturated carbocycles. The molecule has 0 bridgehead atoms. The Bertz CT molecular complexity index is 2800. The summed E-state index contributed by atoms with van der Waals surface area (Å²) < 4.78 is 4.90.